The van der Waals surface area contributed by atoms with Gasteiger partial charge in [0.25, 0.3) is 0 Å². The second kappa shape index (κ2) is 11.7. The topological polar surface area (TPSA) is 80.7 Å². The number of benzene rings is 1. The molecule has 5 nitrogen and oxygen atoms in total. The number of carboxylic acids is 1. The third-order valence-corrected chi connectivity index (χ3v) is 4.49. The van der Waals surface area contributed by atoms with Gasteiger partial charge < -0.3 is 9.84 Å². The summed E-state index contributed by atoms with van der Waals surface area (Å²) < 4.78 is 5.19. The van der Waals surface area contributed by atoms with Gasteiger partial charge in [0.2, 0.25) is 0 Å². The van der Waals surface area contributed by atoms with Crippen LogP contribution >= 0.6 is 11.8 Å². The quantitative estimate of drug-likeness (QED) is 0.367. The van der Waals surface area contributed by atoms with Gasteiger partial charge >= 0.3 is 11.9 Å². The Hall–Kier alpha value is -1.82. The lowest BCUT2D eigenvalue weighted by Crippen LogP contribution is -2.13. The number of ether oxygens (including phenoxy) is 1. The minimum atomic E-state index is -0.903. The first kappa shape index (κ1) is 20.2. The number of hydrogen-bond donors (Lipinski definition) is 1. The van der Waals surface area contributed by atoms with Gasteiger partial charge in [0.05, 0.1) is 6.42 Å². The van der Waals surface area contributed by atoms with Crippen LogP contribution in [0.15, 0.2) is 30.3 Å². The van der Waals surface area contributed by atoms with E-state index in [0.29, 0.717) is 31.4 Å². The standard InChI is InChI=1S/C18H24O5S/c1-2-8-18(22)24-15(13-16(19)20)11-6-7-12-17(21)23-14-9-4-3-5-10-14/h3-5,9-10,15H,2,6-8,11-13H2,1H3,(H,19,20). The Morgan fingerprint density at radius 1 is 1.12 bits per heavy atom. The molecule has 1 N–H and O–H groups in total. The summed E-state index contributed by atoms with van der Waals surface area (Å²) in [7, 11) is 0. The summed E-state index contributed by atoms with van der Waals surface area (Å²) >= 11 is 1.12. The molecule has 0 aliphatic rings. The number of carboxylic acid groups (broad SMARTS) is 1. The second-order valence-corrected chi connectivity index (χ2v) is 6.85. The molecule has 1 atom stereocenters. The number of esters is 1. The van der Waals surface area contributed by atoms with E-state index in [0.717, 1.165) is 18.2 Å². The molecule has 0 aliphatic carbocycles. The smallest absolute Gasteiger partial charge is 0.311 e. The first-order valence-electron chi connectivity index (χ1n) is 8.18. The van der Waals surface area contributed by atoms with Crippen molar-refractivity contribution in [2.45, 2.75) is 57.1 Å². The predicted octanol–water partition coefficient (Wildman–Crippen LogP) is 4.06. The number of carbonyl (C=O) groups excluding carboxylic acids is 2. The van der Waals surface area contributed by atoms with Crippen LogP contribution in [0.4, 0.5) is 0 Å². The molecule has 24 heavy (non-hydrogen) atoms. The SMILES string of the molecule is CCCC(=O)SC(CCCCC(=O)Oc1ccccc1)CC(=O)O. The van der Waals surface area contributed by atoms with Crippen LogP contribution in [-0.2, 0) is 14.4 Å². The molecule has 0 saturated heterocycles. The van der Waals surface area contributed by atoms with Crippen molar-refractivity contribution in [2.75, 3.05) is 0 Å². The molecule has 0 aromatic heterocycles. The van der Waals surface area contributed by atoms with E-state index in [1.807, 2.05) is 13.0 Å². The Bertz CT molecular complexity index is 529. The van der Waals surface area contributed by atoms with Gasteiger partial charge in [0.15, 0.2) is 5.12 Å². The number of carbonyl (C=O) groups is 3. The lowest BCUT2D eigenvalue weighted by atomic mass is 10.1. The van der Waals surface area contributed by atoms with Crippen molar-refractivity contribution in [2.24, 2.45) is 0 Å². The molecule has 1 rings (SSSR count). The molecule has 0 fully saturated rings. The van der Waals surface area contributed by atoms with Gasteiger partial charge in [-0.05, 0) is 31.4 Å². The lowest BCUT2D eigenvalue weighted by Gasteiger charge is -2.13. The molecule has 0 aliphatic heterocycles. The molecule has 132 valence electrons. The average Bonchev–Trinajstić information content (AvgIpc) is 2.52. The van der Waals surface area contributed by atoms with Crippen molar-refractivity contribution in [3.63, 3.8) is 0 Å². The van der Waals surface area contributed by atoms with E-state index in [9.17, 15) is 14.4 Å². The number of rotatable bonds is 11. The van der Waals surface area contributed by atoms with Crippen molar-refractivity contribution < 1.29 is 24.2 Å². The van der Waals surface area contributed by atoms with Gasteiger partial charge in [-0.1, -0.05) is 43.3 Å². The minimum Gasteiger partial charge on any atom is -0.481 e. The van der Waals surface area contributed by atoms with E-state index in [1.54, 1.807) is 24.3 Å². The molecule has 0 saturated carbocycles. The minimum absolute atomic E-state index is 0.0332. The van der Waals surface area contributed by atoms with Crippen LogP contribution in [0.2, 0.25) is 0 Å². The van der Waals surface area contributed by atoms with Gasteiger partial charge in [-0.15, -0.1) is 0 Å². The number of hydrogen-bond acceptors (Lipinski definition) is 5. The summed E-state index contributed by atoms with van der Waals surface area (Å²) in [6.07, 6.45) is 3.38. The zero-order valence-electron chi connectivity index (χ0n) is 13.9. The van der Waals surface area contributed by atoms with Crippen molar-refractivity contribution in [3.05, 3.63) is 30.3 Å². The fraction of sp³-hybridized carbons (Fsp3) is 0.500. The normalized spacial score (nSPS) is 11.7. The van der Waals surface area contributed by atoms with Gasteiger partial charge in [0.1, 0.15) is 5.75 Å². The van der Waals surface area contributed by atoms with E-state index in [1.165, 1.54) is 0 Å². The van der Waals surface area contributed by atoms with E-state index < -0.39 is 5.97 Å². The van der Waals surface area contributed by atoms with Crippen LogP contribution in [0.25, 0.3) is 0 Å². The summed E-state index contributed by atoms with van der Waals surface area (Å²) in [6, 6.07) is 8.87. The zero-order chi connectivity index (χ0) is 17.8. The summed E-state index contributed by atoms with van der Waals surface area (Å²) in [5, 5.41) is 8.74. The highest BCUT2D eigenvalue weighted by Gasteiger charge is 2.17. The lowest BCUT2D eigenvalue weighted by molar-refractivity contribution is -0.137. The third kappa shape index (κ3) is 9.35. The Labute approximate surface area is 146 Å². The van der Waals surface area contributed by atoms with Crippen LogP contribution in [0.3, 0.4) is 0 Å². The maximum Gasteiger partial charge on any atom is 0.311 e. The van der Waals surface area contributed by atoms with Crippen molar-refractivity contribution in [1.29, 1.82) is 0 Å². The summed E-state index contributed by atoms with van der Waals surface area (Å²) in [5.74, 6) is -0.682. The van der Waals surface area contributed by atoms with Gasteiger partial charge in [-0.2, -0.15) is 0 Å². The largest absolute Gasteiger partial charge is 0.481 e. The van der Waals surface area contributed by atoms with Crippen molar-refractivity contribution >= 4 is 28.8 Å². The fourth-order valence-corrected chi connectivity index (χ4v) is 3.36. The van der Waals surface area contributed by atoms with Gasteiger partial charge in [-0.25, -0.2) is 0 Å². The number of aliphatic carboxylic acids is 1. The molecule has 0 heterocycles. The molecule has 0 radical (unpaired) electrons. The monoisotopic (exact) mass is 352 g/mol. The summed E-state index contributed by atoms with van der Waals surface area (Å²) in [4.78, 5) is 34.3. The van der Waals surface area contributed by atoms with Gasteiger partial charge in [-0.3, -0.25) is 14.4 Å². The second-order valence-electron chi connectivity index (χ2n) is 5.49. The van der Waals surface area contributed by atoms with Crippen LogP contribution in [0.1, 0.15) is 51.9 Å². The predicted molar refractivity (Wildman–Crippen MR) is 94.1 cm³/mol. The highest BCUT2D eigenvalue weighted by molar-refractivity contribution is 8.14. The van der Waals surface area contributed by atoms with E-state index in [2.05, 4.69) is 0 Å². The van der Waals surface area contributed by atoms with Crippen LogP contribution in [0, 0.1) is 0 Å². The van der Waals surface area contributed by atoms with Crippen molar-refractivity contribution in [1.82, 2.24) is 0 Å². The van der Waals surface area contributed by atoms with Gasteiger partial charge in [0, 0.05) is 18.1 Å². The molecule has 0 amide bonds. The third-order valence-electron chi connectivity index (χ3n) is 3.29. The molecule has 0 spiro atoms. The molecule has 6 heteroatoms. The molecule has 1 aromatic carbocycles. The first-order chi connectivity index (χ1) is 11.5. The molecule has 1 unspecified atom stereocenters. The zero-order valence-corrected chi connectivity index (χ0v) is 14.7. The first-order valence-corrected chi connectivity index (χ1v) is 9.06. The summed E-state index contributed by atoms with van der Waals surface area (Å²) in [6.45, 7) is 1.92. The fourth-order valence-electron chi connectivity index (χ4n) is 2.16. The van der Waals surface area contributed by atoms with Crippen LogP contribution in [-0.4, -0.2) is 27.4 Å². The van der Waals surface area contributed by atoms with E-state index in [-0.39, 0.29) is 29.2 Å². The Morgan fingerprint density at radius 3 is 2.46 bits per heavy atom. The molecule has 1 aromatic rings. The van der Waals surface area contributed by atoms with Crippen LogP contribution < -0.4 is 4.74 Å². The number of unbranched alkanes of at least 4 members (excludes halogenated alkanes) is 1. The van der Waals surface area contributed by atoms with Crippen LogP contribution in [0.5, 0.6) is 5.75 Å². The highest BCUT2D eigenvalue weighted by atomic mass is 32.2. The highest BCUT2D eigenvalue weighted by Crippen LogP contribution is 2.24. The molecular formula is C18H24O5S. The average molecular weight is 352 g/mol. The maximum absolute atomic E-state index is 11.7. The van der Waals surface area contributed by atoms with Crippen molar-refractivity contribution in [3.8, 4) is 5.75 Å². The molecule has 0 bridgehead atoms. The Kier molecular flexibility index (Phi) is 9.84. The Morgan fingerprint density at radius 2 is 1.83 bits per heavy atom. The number of thioether (sulfide) groups is 1. The molecular weight excluding hydrogens is 328 g/mol. The Balaban J connectivity index is 2.29. The maximum atomic E-state index is 11.7. The van der Waals surface area contributed by atoms with E-state index in [4.69, 9.17) is 9.84 Å². The summed E-state index contributed by atoms with van der Waals surface area (Å²) in [5.41, 5.74) is 0. The van der Waals surface area contributed by atoms with E-state index >= 15 is 0 Å². The number of para-hydroxylation sites is 1.